The first-order chi connectivity index (χ1) is 13.9. The zero-order chi connectivity index (χ0) is 23.2. The number of carbonyl (C=O) groups is 4. The van der Waals surface area contributed by atoms with E-state index in [4.69, 9.17) is 20.4 Å². The van der Waals surface area contributed by atoms with Gasteiger partial charge in [0, 0.05) is 24.9 Å². The molecule has 0 aromatic heterocycles. The maximum absolute atomic E-state index is 10.9. The predicted octanol–water partition coefficient (Wildman–Crippen LogP) is 0.652. The molecule has 0 aliphatic carbocycles. The monoisotopic (exact) mass is 426 g/mol. The Morgan fingerprint density at radius 3 is 1.23 bits per heavy atom. The summed E-state index contributed by atoms with van der Waals surface area (Å²) in [4.78, 5) is 43.0. The van der Waals surface area contributed by atoms with E-state index in [1.807, 2.05) is 0 Å². The summed E-state index contributed by atoms with van der Waals surface area (Å²) in [5.74, 6) is -4.88. The molecule has 6 N–H and O–H groups in total. The van der Waals surface area contributed by atoms with Crippen LogP contribution in [0.5, 0.6) is 0 Å². The Bertz CT molecular complexity index is 616. The second kappa shape index (κ2) is 10.9. The second-order valence-corrected chi connectivity index (χ2v) is 7.88. The molecule has 6 atom stereocenters. The summed E-state index contributed by atoms with van der Waals surface area (Å²) < 4.78 is 0. The predicted molar refractivity (Wildman–Crippen MR) is 107 cm³/mol. The standard InChI is InChI=1S/2C10H15NO4/c2*1-5(2)7-4-11-9(10(14)15)6(7)3-8(12)13/h2*6-7,9,11H,1,3-4H2,2H3,(H,12,13)(H,14,15)/t2*6-,7+,9-/m00/s1. The first-order valence-corrected chi connectivity index (χ1v) is 9.53. The van der Waals surface area contributed by atoms with Gasteiger partial charge in [0.05, 0.1) is 12.8 Å². The van der Waals surface area contributed by atoms with Crippen LogP contribution < -0.4 is 10.6 Å². The van der Waals surface area contributed by atoms with Crippen molar-refractivity contribution in [1.29, 1.82) is 0 Å². The highest BCUT2D eigenvalue weighted by Crippen LogP contribution is 2.31. The highest BCUT2D eigenvalue weighted by Gasteiger charge is 2.42. The Labute approximate surface area is 174 Å². The Morgan fingerprint density at radius 2 is 1.03 bits per heavy atom. The molecule has 10 heteroatoms. The molecule has 0 saturated carbocycles. The maximum Gasteiger partial charge on any atom is 0.321 e. The fraction of sp³-hybridized carbons (Fsp3) is 0.600. The van der Waals surface area contributed by atoms with Gasteiger partial charge in [0.25, 0.3) is 0 Å². The topological polar surface area (TPSA) is 173 Å². The quantitative estimate of drug-likeness (QED) is 0.302. The molecule has 0 aromatic carbocycles. The van der Waals surface area contributed by atoms with E-state index in [9.17, 15) is 19.2 Å². The minimum atomic E-state index is -0.995. The van der Waals surface area contributed by atoms with Gasteiger partial charge < -0.3 is 31.1 Å². The molecule has 2 fully saturated rings. The third-order valence-corrected chi connectivity index (χ3v) is 5.62. The Morgan fingerprint density at radius 1 is 0.733 bits per heavy atom. The van der Waals surface area contributed by atoms with Gasteiger partial charge in [-0.2, -0.15) is 0 Å². The summed E-state index contributed by atoms with van der Waals surface area (Å²) in [6.45, 7) is 12.1. The zero-order valence-electron chi connectivity index (χ0n) is 17.1. The number of hydrogen-bond donors (Lipinski definition) is 6. The third-order valence-electron chi connectivity index (χ3n) is 5.62. The number of rotatable bonds is 8. The van der Waals surface area contributed by atoms with E-state index in [0.29, 0.717) is 13.1 Å². The highest BCUT2D eigenvalue weighted by molar-refractivity contribution is 5.77. The van der Waals surface area contributed by atoms with Crippen LogP contribution in [0.25, 0.3) is 0 Å². The van der Waals surface area contributed by atoms with Crippen LogP contribution in [0.15, 0.2) is 24.3 Å². The lowest BCUT2D eigenvalue weighted by atomic mass is 9.84. The minimum absolute atomic E-state index is 0.0674. The van der Waals surface area contributed by atoms with E-state index < -0.39 is 47.8 Å². The van der Waals surface area contributed by atoms with Crippen LogP contribution >= 0.6 is 0 Å². The second-order valence-electron chi connectivity index (χ2n) is 7.88. The van der Waals surface area contributed by atoms with Crippen molar-refractivity contribution in [3.05, 3.63) is 24.3 Å². The van der Waals surface area contributed by atoms with Gasteiger partial charge in [-0.1, -0.05) is 24.3 Å². The Kier molecular flexibility index (Phi) is 9.19. The normalized spacial score (nSPS) is 30.1. The summed E-state index contributed by atoms with van der Waals surface area (Å²) >= 11 is 0. The number of nitrogens with one attached hydrogen (secondary N) is 2. The van der Waals surface area contributed by atoms with Gasteiger partial charge in [-0.15, -0.1) is 0 Å². The zero-order valence-corrected chi connectivity index (χ0v) is 17.1. The average Bonchev–Trinajstić information content (AvgIpc) is 3.18. The number of carboxylic acid groups (broad SMARTS) is 4. The van der Waals surface area contributed by atoms with Crippen molar-refractivity contribution in [2.24, 2.45) is 23.7 Å². The molecule has 0 amide bonds. The molecular formula is C20H30N2O8. The van der Waals surface area contributed by atoms with Crippen LogP contribution in [0.3, 0.4) is 0 Å². The first kappa shape index (κ1) is 25.3. The average molecular weight is 426 g/mol. The summed E-state index contributed by atoms with van der Waals surface area (Å²) in [7, 11) is 0. The Hall–Kier alpha value is -2.72. The van der Waals surface area contributed by atoms with Crippen molar-refractivity contribution in [3.8, 4) is 0 Å². The van der Waals surface area contributed by atoms with E-state index in [1.165, 1.54) is 0 Å². The van der Waals surface area contributed by atoms with Gasteiger partial charge in [-0.25, -0.2) is 0 Å². The fourth-order valence-electron chi connectivity index (χ4n) is 4.12. The number of aliphatic carboxylic acids is 4. The van der Waals surface area contributed by atoms with Crippen molar-refractivity contribution < 1.29 is 39.6 Å². The molecule has 0 radical (unpaired) electrons. The fourth-order valence-corrected chi connectivity index (χ4v) is 4.12. The van der Waals surface area contributed by atoms with Crippen molar-refractivity contribution in [1.82, 2.24) is 10.6 Å². The lowest BCUT2D eigenvalue weighted by Gasteiger charge is -2.19. The molecular weight excluding hydrogens is 396 g/mol. The lowest BCUT2D eigenvalue weighted by molar-refractivity contribution is -0.144. The molecule has 2 rings (SSSR count). The number of hydrogen-bond acceptors (Lipinski definition) is 6. The molecule has 10 nitrogen and oxygen atoms in total. The van der Waals surface area contributed by atoms with Crippen LogP contribution in [0.4, 0.5) is 0 Å². The van der Waals surface area contributed by atoms with Gasteiger partial charge in [0.15, 0.2) is 0 Å². The number of carboxylic acids is 4. The smallest absolute Gasteiger partial charge is 0.321 e. The molecule has 30 heavy (non-hydrogen) atoms. The molecule has 2 aliphatic rings. The van der Waals surface area contributed by atoms with Crippen LogP contribution in [0.2, 0.25) is 0 Å². The molecule has 0 spiro atoms. The van der Waals surface area contributed by atoms with Crippen molar-refractivity contribution in [3.63, 3.8) is 0 Å². The van der Waals surface area contributed by atoms with Crippen LogP contribution in [-0.2, 0) is 19.2 Å². The van der Waals surface area contributed by atoms with Gasteiger partial charge >= 0.3 is 23.9 Å². The van der Waals surface area contributed by atoms with Gasteiger partial charge in [0.2, 0.25) is 0 Å². The van der Waals surface area contributed by atoms with E-state index in [1.54, 1.807) is 13.8 Å². The third kappa shape index (κ3) is 6.67. The molecule has 0 unspecified atom stereocenters. The molecule has 0 aromatic rings. The molecule has 168 valence electrons. The van der Waals surface area contributed by atoms with E-state index >= 15 is 0 Å². The summed E-state index contributed by atoms with van der Waals surface area (Å²) in [6.07, 6.45) is -0.275. The van der Waals surface area contributed by atoms with Crippen LogP contribution in [0.1, 0.15) is 26.7 Å². The largest absolute Gasteiger partial charge is 0.481 e. The van der Waals surface area contributed by atoms with Crippen molar-refractivity contribution in [2.75, 3.05) is 13.1 Å². The van der Waals surface area contributed by atoms with E-state index in [-0.39, 0.29) is 24.7 Å². The summed E-state index contributed by atoms with van der Waals surface area (Å²) in [6, 6.07) is -1.55. The molecule has 2 saturated heterocycles. The van der Waals surface area contributed by atoms with E-state index in [2.05, 4.69) is 23.8 Å². The van der Waals surface area contributed by atoms with Crippen LogP contribution in [-0.4, -0.2) is 69.5 Å². The van der Waals surface area contributed by atoms with Crippen molar-refractivity contribution in [2.45, 2.75) is 38.8 Å². The lowest BCUT2D eigenvalue weighted by Crippen LogP contribution is -2.36. The van der Waals surface area contributed by atoms with Gasteiger partial charge in [0.1, 0.15) is 12.1 Å². The molecule has 2 heterocycles. The maximum atomic E-state index is 10.9. The summed E-state index contributed by atoms with van der Waals surface area (Å²) in [5, 5.41) is 40.9. The van der Waals surface area contributed by atoms with Gasteiger partial charge in [-0.3, -0.25) is 19.2 Å². The molecule has 0 bridgehead atoms. The summed E-state index contributed by atoms with van der Waals surface area (Å²) in [5.41, 5.74) is 1.66. The molecule has 2 aliphatic heterocycles. The minimum Gasteiger partial charge on any atom is -0.481 e. The van der Waals surface area contributed by atoms with Crippen molar-refractivity contribution >= 4 is 23.9 Å². The van der Waals surface area contributed by atoms with Gasteiger partial charge in [-0.05, 0) is 25.7 Å². The van der Waals surface area contributed by atoms with E-state index in [0.717, 1.165) is 11.1 Å². The Balaban J connectivity index is 0.000000300. The first-order valence-electron chi connectivity index (χ1n) is 9.53. The van der Waals surface area contributed by atoms with Crippen LogP contribution in [0, 0.1) is 23.7 Å². The SMILES string of the molecule is C=C(C)[C@H]1CN[C@H](C(=O)O)[C@H]1CC(=O)O.C=C(C)[C@H]1CN[C@H](C(=O)O)[C@H]1CC(=O)O. The highest BCUT2D eigenvalue weighted by atomic mass is 16.4.